The van der Waals surface area contributed by atoms with Crippen molar-refractivity contribution in [3.8, 4) is 0 Å². The summed E-state index contributed by atoms with van der Waals surface area (Å²) in [5.74, 6) is 0. The second-order valence-electron chi connectivity index (χ2n) is 4.02. The quantitative estimate of drug-likeness (QED) is 0.796. The van der Waals surface area contributed by atoms with Crippen molar-refractivity contribution >= 4 is 0 Å². The molecule has 3 nitrogen and oxygen atoms in total. The number of likely N-dealkylation sites (tertiary alicyclic amines) is 1. The molecule has 2 heterocycles. The summed E-state index contributed by atoms with van der Waals surface area (Å²) in [6, 6.07) is 0. The Morgan fingerprint density at radius 2 is 1.88 bits per heavy atom. The van der Waals surface area contributed by atoms with Gasteiger partial charge in [0.25, 0.3) is 0 Å². The Bertz CT molecular complexity index is 339. The number of alkyl halides is 3. The topological polar surface area (TPSA) is 21.1 Å². The molecular weight excluding hydrogens is 219 g/mol. The van der Waals surface area contributed by atoms with Crippen LogP contribution in [0, 0.1) is 0 Å². The average Bonchev–Trinajstić information content (AvgIpc) is 2.85. The number of rotatable bonds is 3. The van der Waals surface area contributed by atoms with Crippen molar-refractivity contribution in [3.05, 3.63) is 18.2 Å². The molecule has 0 unspecified atom stereocenters. The van der Waals surface area contributed by atoms with E-state index in [-0.39, 0.29) is 0 Å². The van der Waals surface area contributed by atoms with Crippen LogP contribution in [0.15, 0.2) is 12.5 Å². The monoisotopic (exact) mass is 233 g/mol. The number of hydrogen-bond donors (Lipinski definition) is 0. The van der Waals surface area contributed by atoms with Gasteiger partial charge in [-0.3, -0.25) is 0 Å². The number of nitrogens with zero attached hydrogens (tertiary/aromatic N) is 3. The SMILES string of the molecule is FC(F)(F)c1cncn1CCN1CCCC1. The van der Waals surface area contributed by atoms with Gasteiger partial charge in [0.15, 0.2) is 0 Å². The summed E-state index contributed by atoms with van der Waals surface area (Å²) in [6.45, 7) is 3.01. The van der Waals surface area contributed by atoms with Crippen LogP contribution in [0.1, 0.15) is 18.5 Å². The molecule has 0 amide bonds. The molecule has 0 saturated carbocycles. The van der Waals surface area contributed by atoms with E-state index in [0.717, 1.165) is 32.1 Å². The molecule has 0 aliphatic carbocycles. The van der Waals surface area contributed by atoms with E-state index >= 15 is 0 Å². The molecule has 0 radical (unpaired) electrons. The van der Waals surface area contributed by atoms with E-state index in [0.29, 0.717) is 13.1 Å². The zero-order valence-corrected chi connectivity index (χ0v) is 8.87. The van der Waals surface area contributed by atoms with Gasteiger partial charge in [0.2, 0.25) is 0 Å². The lowest BCUT2D eigenvalue weighted by Gasteiger charge is -2.16. The maximum Gasteiger partial charge on any atom is 0.432 e. The Balaban J connectivity index is 1.96. The predicted molar refractivity (Wildman–Crippen MR) is 52.9 cm³/mol. The lowest BCUT2D eigenvalue weighted by Crippen LogP contribution is -2.25. The summed E-state index contributed by atoms with van der Waals surface area (Å²) in [6.07, 6.45) is 0.122. The first kappa shape index (κ1) is 11.4. The minimum absolute atomic E-state index is 0.356. The lowest BCUT2D eigenvalue weighted by molar-refractivity contribution is -0.143. The fourth-order valence-corrected chi connectivity index (χ4v) is 1.99. The third-order valence-corrected chi connectivity index (χ3v) is 2.86. The third-order valence-electron chi connectivity index (χ3n) is 2.86. The summed E-state index contributed by atoms with van der Waals surface area (Å²) in [7, 11) is 0. The Morgan fingerprint density at radius 1 is 1.19 bits per heavy atom. The first-order valence-corrected chi connectivity index (χ1v) is 5.37. The molecule has 0 aromatic carbocycles. The van der Waals surface area contributed by atoms with Gasteiger partial charge in [0.1, 0.15) is 5.69 Å². The number of hydrogen-bond acceptors (Lipinski definition) is 2. The first-order valence-electron chi connectivity index (χ1n) is 5.37. The average molecular weight is 233 g/mol. The van der Waals surface area contributed by atoms with Crippen LogP contribution in [-0.4, -0.2) is 34.1 Å². The van der Waals surface area contributed by atoms with Crippen LogP contribution in [0.4, 0.5) is 13.2 Å². The van der Waals surface area contributed by atoms with Crippen molar-refractivity contribution in [2.24, 2.45) is 0 Å². The number of imidazole rings is 1. The van der Waals surface area contributed by atoms with E-state index in [1.54, 1.807) is 0 Å². The maximum absolute atomic E-state index is 12.5. The zero-order chi connectivity index (χ0) is 11.6. The normalized spacial score (nSPS) is 18.2. The van der Waals surface area contributed by atoms with Crippen LogP contribution in [0.3, 0.4) is 0 Å². The van der Waals surface area contributed by atoms with E-state index in [9.17, 15) is 13.2 Å². The maximum atomic E-state index is 12.5. The van der Waals surface area contributed by atoms with E-state index in [1.807, 2.05) is 0 Å². The van der Waals surface area contributed by atoms with Gasteiger partial charge in [-0.2, -0.15) is 13.2 Å². The van der Waals surface area contributed by atoms with Crippen LogP contribution < -0.4 is 0 Å². The second-order valence-corrected chi connectivity index (χ2v) is 4.02. The Kier molecular flexibility index (Phi) is 3.18. The minimum Gasteiger partial charge on any atom is -0.326 e. The summed E-state index contributed by atoms with van der Waals surface area (Å²) in [5.41, 5.74) is -0.660. The first-order chi connectivity index (χ1) is 7.57. The molecule has 0 atom stereocenters. The lowest BCUT2D eigenvalue weighted by atomic mass is 10.4. The molecule has 0 N–H and O–H groups in total. The third kappa shape index (κ3) is 2.55. The van der Waals surface area contributed by atoms with Gasteiger partial charge in [0.05, 0.1) is 12.5 Å². The fourth-order valence-electron chi connectivity index (χ4n) is 1.99. The molecular formula is C10H14F3N3. The summed E-state index contributed by atoms with van der Waals surface area (Å²) >= 11 is 0. The van der Waals surface area contributed by atoms with Crippen molar-refractivity contribution in [3.63, 3.8) is 0 Å². The highest BCUT2D eigenvalue weighted by atomic mass is 19.4. The molecule has 1 fully saturated rings. The van der Waals surface area contributed by atoms with Gasteiger partial charge in [-0.15, -0.1) is 0 Å². The zero-order valence-electron chi connectivity index (χ0n) is 8.87. The summed E-state index contributed by atoms with van der Waals surface area (Å²) < 4.78 is 38.7. The highest BCUT2D eigenvalue weighted by Gasteiger charge is 2.34. The fraction of sp³-hybridized carbons (Fsp3) is 0.700. The molecule has 1 saturated heterocycles. The van der Waals surface area contributed by atoms with Crippen molar-refractivity contribution in [1.82, 2.24) is 14.5 Å². The van der Waals surface area contributed by atoms with E-state index in [1.165, 1.54) is 10.9 Å². The Morgan fingerprint density at radius 3 is 2.50 bits per heavy atom. The summed E-state index contributed by atoms with van der Waals surface area (Å²) in [4.78, 5) is 5.74. The molecule has 1 aliphatic rings. The van der Waals surface area contributed by atoms with Crippen molar-refractivity contribution in [1.29, 1.82) is 0 Å². The van der Waals surface area contributed by atoms with Crippen LogP contribution in [-0.2, 0) is 12.7 Å². The highest BCUT2D eigenvalue weighted by Crippen LogP contribution is 2.28. The van der Waals surface area contributed by atoms with Crippen molar-refractivity contribution in [2.75, 3.05) is 19.6 Å². The largest absolute Gasteiger partial charge is 0.432 e. The molecule has 0 spiro atoms. The molecule has 0 bridgehead atoms. The van der Waals surface area contributed by atoms with Crippen molar-refractivity contribution < 1.29 is 13.2 Å². The van der Waals surface area contributed by atoms with Gasteiger partial charge in [-0.05, 0) is 25.9 Å². The standard InChI is InChI=1S/C10H14F3N3/c11-10(12,13)9-7-14-8-16(9)6-5-15-3-1-2-4-15/h7-8H,1-6H2. The molecule has 1 aromatic heterocycles. The van der Waals surface area contributed by atoms with Crippen LogP contribution in [0.5, 0.6) is 0 Å². The van der Waals surface area contributed by atoms with Gasteiger partial charge in [-0.1, -0.05) is 0 Å². The minimum atomic E-state index is -4.30. The highest BCUT2D eigenvalue weighted by molar-refractivity contribution is 5.03. The van der Waals surface area contributed by atoms with Crippen LogP contribution in [0.2, 0.25) is 0 Å². The molecule has 16 heavy (non-hydrogen) atoms. The van der Waals surface area contributed by atoms with Crippen molar-refractivity contribution in [2.45, 2.75) is 25.6 Å². The van der Waals surface area contributed by atoms with E-state index in [2.05, 4.69) is 9.88 Å². The molecule has 90 valence electrons. The second kappa shape index (κ2) is 4.45. The van der Waals surface area contributed by atoms with Crippen LogP contribution >= 0.6 is 0 Å². The molecule has 6 heteroatoms. The molecule has 2 rings (SSSR count). The Labute approximate surface area is 91.9 Å². The van der Waals surface area contributed by atoms with Gasteiger partial charge in [0, 0.05) is 13.1 Å². The van der Waals surface area contributed by atoms with Gasteiger partial charge >= 0.3 is 6.18 Å². The smallest absolute Gasteiger partial charge is 0.326 e. The van der Waals surface area contributed by atoms with Gasteiger partial charge < -0.3 is 9.47 Å². The summed E-state index contributed by atoms with van der Waals surface area (Å²) in [5, 5.41) is 0. The van der Waals surface area contributed by atoms with Crippen LogP contribution in [0.25, 0.3) is 0 Å². The predicted octanol–water partition coefficient (Wildman–Crippen LogP) is 2.00. The van der Waals surface area contributed by atoms with E-state index < -0.39 is 11.9 Å². The molecule has 1 aliphatic heterocycles. The molecule has 1 aromatic rings. The number of aromatic nitrogens is 2. The van der Waals surface area contributed by atoms with E-state index in [4.69, 9.17) is 0 Å². The van der Waals surface area contributed by atoms with Gasteiger partial charge in [-0.25, -0.2) is 4.98 Å². The number of halogens is 3. The Hall–Kier alpha value is -1.04.